The largest absolute Gasteiger partial charge is 1.00 e. The fourth-order valence-corrected chi connectivity index (χ4v) is 7.28. The van der Waals surface area contributed by atoms with Gasteiger partial charge in [0.2, 0.25) is 11.5 Å². The molecule has 0 aliphatic rings. The van der Waals surface area contributed by atoms with Gasteiger partial charge in [0, 0.05) is 42.6 Å². The van der Waals surface area contributed by atoms with Crippen molar-refractivity contribution >= 4 is 34.1 Å². The molecule has 0 saturated carbocycles. The fourth-order valence-electron chi connectivity index (χ4n) is 7.28. The van der Waals surface area contributed by atoms with Crippen molar-refractivity contribution in [3.63, 3.8) is 0 Å². The summed E-state index contributed by atoms with van der Waals surface area (Å²) in [6.45, 7) is 11.5. The van der Waals surface area contributed by atoms with Gasteiger partial charge in [-0.05, 0) is 74.3 Å². The molecule has 0 atom stereocenters. The quantitative estimate of drug-likeness (QED) is 0.0153. The molecule has 2 aromatic heterocycles. The van der Waals surface area contributed by atoms with E-state index in [9.17, 15) is 40.0 Å². The SMILES string of the molecule is CCCCCCCCCCCCN(CCO)CCO.Cc1cc(N=N[c-]2c(C)nn(-c3ccccc3)c2=O)c(O)c([N+](=O)[O-])c1.Cc1cc(N=N[c-]2c(C)nn(-c3ccccc3)c2=O)c(O)c([N+](=O)[O-])c1.[Cr].[H+]. The van der Waals surface area contributed by atoms with Crippen LogP contribution in [0.1, 0.15) is 95.1 Å². The first-order valence-corrected chi connectivity index (χ1v) is 23.5. The number of nitro benzene ring substituents is 2. The number of aromatic hydroxyl groups is 2. The molecule has 0 aliphatic carbocycles. The number of phenolic OH excluding ortho intramolecular Hbond substituents is 2. The Morgan fingerprint density at radius 2 is 0.958 bits per heavy atom. The van der Waals surface area contributed by atoms with E-state index in [-0.39, 0.29) is 54.8 Å². The number of phenols is 2. The second-order valence-corrected chi connectivity index (χ2v) is 16.7. The summed E-state index contributed by atoms with van der Waals surface area (Å²) in [6.07, 6.45) is 13.5. The molecule has 21 nitrogen and oxygen atoms in total. The van der Waals surface area contributed by atoms with Crippen LogP contribution in [0, 0.1) is 47.9 Å². The van der Waals surface area contributed by atoms with Crippen molar-refractivity contribution in [2.45, 2.75) is 98.8 Å². The number of azo groups is 2. The second kappa shape index (κ2) is 30.6. The summed E-state index contributed by atoms with van der Waals surface area (Å²) in [7, 11) is 0. The number of hydrogen-bond acceptors (Lipinski definition) is 17. The van der Waals surface area contributed by atoms with E-state index in [0.717, 1.165) is 6.54 Å². The Labute approximate surface area is 429 Å². The zero-order valence-electron chi connectivity index (χ0n) is 42.3. The molecule has 0 unspecified atom stereocenters. The maximum Gasteiger partial charge on any atom is 1.00 e. The van der Waals surface area contributed by atoms with E-state index in [1.165, 1.54) is 97.8 Å². The van der Waals surface area contributed by atoms with Gasteiger partial charge >= 0.3 is 12.8 Å². The van der Waals surface area contributed by atoms with Gasteiger partial charge in [0.05, 0.1) is 34.4 Å². The van der Waals surface area contributed by atoms with Gasteiger partial charge < -0.3 is 40.2 Å². The number of nitrogens with zero attached hydrogens (tertiary/aromatic N) is 11. The first-order chi connectivity index (χ1) is 34.1. The Hall–Kier alpha value is -7.09. The van der Waals surface area contributed by atoms with E-state index < -0.39 is 43.8 Å². The zero-order chi connectivity index (χ0) is 51.9. The summed E-state index contributed by atoms with van der Waals surface area (Å²) in [6, 6.07) is 23.0. The first kappa shape index (κ1) is 59.2. The van der Waals surface area contributed by atoms with Gasteiger partial charge in [-0.25, -0.2) is 19.6 Å². The van der Waals surface area contributed by atoms with Crippen LogP contribution in [0.2, 0.25) is 0 Å². The van der Waals surface area contributed by atoms with Crippen molar-refractivity contribution in [3.05, 3.63) is 148 Å². The molecule has 0 bridgehead atoms. The van der Waals surface area contributed by atoms with Crippen molar-refractivity contribution in [2.75, 3.05) is 32.8 Å². The summed E-state index contributed by atoms with van der Waals surface area (Å²) >= 11 is 0. The number of aromatic nitrogens is 4. The average molecular weight is 1030 g/mol. The van der Waals surface area contributed by atoms with E-state index in [1.807, 2.05) is 12.1 Å². The van der Waals surface area contributed by atoms with Crippen molar-refractivity contribution in [1.29, 1.82) is 0 Å². The number of aliphatic hydroxyl groups is 2. The summed E-state index contributed by atoms with van der Waals surface area (Å²) in [4.78, 5) is 47.7. The predicted molar refractivity (Wildman–Crippen MR) is 271 cm³/mol. The molecule has 4 N–H and O–H groups in total. The number of hydrogen-bond donors (Lipinski definition) is 4. The molecule has 6 aromatic rings. The molecule has 0 fully saturated rings. The average Bonchev–Trinajstić information content (AvgIpc) is 3.81. The Kier molecular flexibility index (Phi) is 25.2. The molecule has 72 heavy (non-hydrogen) atoms. The summed E-state index contributed by atoms with van der Waals surface area (Å²) < 4.78 is 2.39. The molecule has 6 rings (SSSR count). The summed E-state index contributed by atoms with van der Waals surface area (Å²) in [5.74, 6) is -1.21. The van der Waals surface area contributed by atoms with E-state index in [1.54, 1.807) is 76.2 Å². The number of para-hydroxylation sites is 2. The Morgan fingerprint density at radius 1 is 0.597 bits per heavy atom. The zero-order valence-corrected chi connectivity index (χ0v) is 42.5. The van der Waals surface area contributed by atoms with Gasteiger partial charge in [-0.15, -0.1) is 11.4 Å². The third-order valence-electron chi connectivity index (χ3n) is 11.0. The Balaban J connectivity index is 0.000000376. The van der Waals surface area contributed by atoms with Crippen LogP contribution in [0.25, 0.3) is 11.4 Å². The molecular formula is C50H64CrN11O10-. The molecule has 0 saturated heterocycles. The monoisotopic (exact) mass is 1030 g/mol. The van der Waals surface area contributed by atoms with Gasteiger partial charge in [-0.2, -0.15) is 10.2 Å². The molecule has 0 amide bonds. The van der Waals surface area contributed by atoms with E-state index in [2.05, 4.69) is 42.5 Å². The van der Waals surface area contributed by atoms with Crippen LogP contribution in [-0.2, 0) is 17.4 Å². The normalized spacial score (nSPS) is 11.1. The molecule has 0 radical (unpaired) electrons. The maximum absolute atomic E-state index is 12.5. The van der Waals surface area contributed by atoms with Crippen LogP contribution in [-0.4, -0.2) is 87.6 Å². The molecule has 4 aromatic carbocycles. The third-order valence-corrected chi connectivity index (χ3v) is 11.0. The third kappa shape index (κ3) is 17.6. The van der Waals surface area contributed by atoms with Crippen molar-refractivity contribution < 1.29 is 49.1 Å². The predicted octanol–water partition coefficient (Wildman–Crippen LogP) is 10.5. The second-order valence-electron chi connectivity index (χ2n) is 16.7. The van der Waals surface area contributed by atoms with Crippen LogP contribution in [0.5, 0.6) is 11.5 Å². The molecule has 0 spiro atoms. The number of nitro groups is 2. The molecule has 22 heteroatoms. The molecule has 2 heterocycles. The molecular weight excluding hydrogens is 967 g/mol. The van der Waals surface area contributed by atoms with Gasteiger partial charge in [0.15, 0.2) is 0 Å². The number of aliphatic hydroxyl groups excluding tert-OH is 2. The van der Waals surface area contributed by atoms with Crippen molar-refractivity contribution in [1.82, 2.24) is 24.5 Å². The van der Waals surface area contributed by atoms with Crippen LogP contribution in [0.4, 0.5) is 34.1 Å². The van der Waals surface area contributed by atoms with Gasteiger partial charge in [0.1, 0.15) is 22.5 Å². The number of unbranched alkanes of at least 4 members (excludes halogenated alkanes) is 9. The summed E-state index contributed by atoms with van der Waals surface area (Å²) in [5, 5.41) is 83.4. The minimum absolute atomic E-state index is 0. The van der Waals surface area contributed by atoms with Gasteiger partial charge in [-0.1, -0.05) is 126 Å². The molecule has 386 valence electrons. The number of aryl methyl sites for hydroxylation is 4. The molecule has 0 aliphatic heterocycles. The van der Waals surface area contributed by atoms with Crippen LogP contribution < -0.4 is 11.1 Å². The van der Waals surface area contributed by atoms with E-state index >= 15 is 0 Å². The Bertz CT molecular complexity index is 2660. The van der Waals surface area contributed by atoms with Crippen LogP contribution in [0.15, 0.2) is 115 Å². The number of benzene rings is 4. The topological polar surface area (TPSA) is 290 Å². The smallest absolute Gasteiger partial charge is 0.501 e. The minimum Gasteiger partial charge on any atom is -0.501 e. The summed E-state index contributed by atoms with van der Waals surface area (Å²) in [5.41, 5.74) is 0.834. The van der Waals surface area contributed by atoms with Crippen LogP contribution >= 0.6 is 0 Å². The minimum atomic E-state index is -0.709. The number of rotatable bonds is 23. The van der Waals surface area contributed by atoms with Crippen molar-refractivity contribution in [3.8, 4) is 22.9 Å². The van der Waals surface area contributed by atoms with Crippen molar-refractivity contribution in [2.24, 2.45) is 20.5 Å². The maximum atomic E-state index is 12.5. The fraction of sp³-hybridized carbons (Fsp3) is 0.400. The van der Waals surface area contributed by atoms with Gasteiger partial charge in [-0.3, -0.25) is 25.1 Å². The Morgan fingerprint density at radius 3 is 1.31 bits per heavy atom. The van der Waals surface area contributed by atoms with Gasteiger partial charge in [0.25, 0.3) is 0 Å². The van der Waals surface area contributed by atoms with E-state index in [0.29, 0.717) is 47.0 Å². The van der Waals surface area contributed by atoms with Crippen LogP contribution in [0.3, 0.4) is 0 Å². The first-order valence-electron chi connectivity index (χ1n) is 23.5. The van der Waals surface area contributed by atoms with E-state index in [4.69, 9.17) is 10.2 Å². The standard InChI is InChI=1S/2C17H14N5O4.C16H35NO2.Cr/c2*1-10-8-13(16(23)14(9-10)22(25)26)18-19-15-11(2)20-21(17(15)24)12-6-4-3-5-7-12;1-2-3-4-5-6-7-8-9-10-11-12-17(13-15-18)14-16-19;/h2*3-9,23H,1-2H3;18-19H,2-16H2,1H3;/q2*-1;;/p+1.